The van der Waals surface area contributed by atoms with Crippen molar-refractivity contribution in [2.24, 2.45) is 50.2 Å². The minimum absolute atomic E-state index is 0.0631. The van der Waals surface area contributed by atoms with E-state index in [0.29, 0.717) is 32.1 Å². The average molecular weight is 1090 g/mol. The highest BCUT2D eigenvalue weighted by atomic mass is 16.8. The number of aliphatic hydroxyl groups is 14. The maximum absolute atomic E-state index is 13.1. The highest BCUT2D eigenvalue weighted by Gasteiger charge is 2.72. The predicted molar refractivity (Wildman–Crippen MR) is 258 cm³/mol. The molecule has 9 rings (SSSR count). The molecule has 76 heavy (non-hydrogen) atoms. The fourth-order valence-electron chi connectivity index (χ4n) is 16.5. The zero-order chi connectivity index (χ0) is 55.6. The van der Waals surface area contributed by atoms with Crippen LogP contribution < -0.4 is 0 Å². The van der Waals surface area contributed by atoms with Gasteiger partial charge in [0.2, 0.25) is 0 Å². The van der Waals surface area contributed by atoms with Crippen LogP contribution in [0.15, 0.2) is 11.6 Å². The van der Waals surface area contributed by atoms with Crippen LogP contribution in [0.25, 0.3) is 0 Å². The van der Waals surface area contributed by atoms with Crippen LogP contribution in [0.3, 0.4) is 0 Å². The lowest BCUT2D eigenvalue weighted by Gasteiger charge is -2.72. The summed E-state index contributed by atoms with van der Waals surface area (Å²) in [6.07, 6.45) is -26.9. The summed E-state index contributed by atoms with van der Waals surface area (Å²) in [5.41, 5.74) is -1.96. The van der Waals surface area contributed by atoms with Crippen molar-refractivity contribution in [2.45, 2.75) is 235 Å². The number of allylic oxidation sites excluding steroid dienone is 2. The van der Waals surface area contributed by atoms with E-state index in [1.54, 1.807) is 0 Å². The van der Waals surface area contributed by atoms with E-state index in [1.807, 2.05) is 0 Å². The first-order valence-electron chi connectivity index (χ1n) is 27.3. The van der Waals surface area contributed by atoms with Crippen molar-refractivity contribution in [1.82, 2.24) is 0 Å². The molecule has 23 heteroatoms. The monoisotopic (exact) mass is 1090 g/mol. The number of ether oxygens (including phenoxy) is 8. The molecule has 5 aliphatic carbocycles. The average Bonchev–Trinajstić information content (AvgIpc) is 3.56. The van der Waals surface area contributed by atoms with E-state index in [1.165, 1.54) is 5.57 Å². The Morgan fingerprint density at radius 3 is 1.68 bits per heavy atom. The third-order valence-electron chi connectivity index (χ3n) is 21.0. The minimum atomic E-state index is -2.03. The van der Waals surface area contributed by atoms with Gasteiger partial charge in [0.1, 0.15) is 97.8 Å². The summed E-state index contributed by atoms with van der Waals surface area (Å²) in [5.74, 6) is -0.0967. The summed E-state index contributed by atoms with van der Waals surface area (Å²) >= 11 is 0. The van der Waals surface area contributed by atoms with Gasteiger partial charge in [0, 0.05) is 0 Å². The van der Waals surface area contributed by atoms with Gasteiger partial charge in [-0.3, -0.25) is 0 Å². The van der Waals surface area contributed by atoms with Gasteiger partial charge in [-0.25, -0.2) is 0 Å². The van der Waals surface area contributed by atoms with E-state index in [0.717, 1.165) is 25.5 Å². The van der Waals surface area contributed by atoms with Crippen LogP contribution in [0.1, 0.15) is 99.8 Å². The van der Waals surface area contributed by atoms with Crippen molar-refractivity contribution >= 4 is 6.29 Å². The third-order valence-corrected chi connectivity index (χ3v) is 21.0. The number of fused-ring (bicyclic) bond motifs is 7. The van der Waals surface area contributed by atoms with Crippen molar-refractivity contribution in [3.8, 4) is 0 Å². The highest BCUT2D eigenvalue weighted by molar-refractivity contribution is 5.66. The Labute approximate surface area is 442 Å². The number of aliphatic hydroxyl groups excluding tert-OH is 14. The summed E-state index contributed by atoms with van der Waals surface area (Å²) in [6, 6.07) is 0. The van der Waals surface area contributed by atoms with Gasteiger partial charge in [-0.2, -0.15) is 0 Å². The Balaban J connectivity index is 0.967. The minimum Gasteiger partial charge on any atom is -0.394 e. The molecule has 9 aliphatic rings. The predicted octanol–water partition coefficient (Wildman–Crippen LogP) is -2.77. The van der Waals surface area contributed by atoms with Crippen LogP contribution in [0, 0.1) is 50.2 Å². The fourth-order valence-corrected chi connectivity index (χ4v) is 16.5. The Morgan fingerprint density at radius 2 is 1.11 bits per heavy atom. The lowest BCUT2D eigenvalue weighted by Crippen LogP contribution is -2.69. The number of hydrogen-bond acceptors (Lipinski definition) is 23. The largest absolute Gasteiger partial charge is 0.394 e. The van der Waals surface area contributed by atoms with Gasteiger partial charge in [0.15, 0.2) is 25.2 Å². The molecule has 0 spiro atoms. The zero-order valence-corrected chi connectivity index (χ0v) is 44.5. The van der Waals surface area contributed by atoms with E-state index >= 15 is 0 Å². The van der Waals surface area contributed by atoms with Crippen molar-refractivity contribution in [3.05, 3.63) is 11.6 Å². The molecule has 0 unspecified atom stereocenters. The molecule has 29 atom stereocenters. The maximum atomic E-state index is 13.1. The Hall–Kier alpha value is -1.47. The summed E-state index contributed by atoms with van der Waals surface area (Å²) in [4.78, 5) is 13.1. The Morgan fingerprint density at radius 1 is 0.566 bits per heavy atom. The molecule has 4 heterocycles. The van der Waals surface area contributed by atoms with Crippen LogP contribution in [-0.4, -0.2) is 239 Å². The maximum Gasteiger partial charge on any atom is 0.187 e. The number of carbonyl (C=O) groups is 1. The molecule has 0 aromatic carbocycles. The van der Waals surface area contributed by atoms with Gasteiger partial charge in [0.25, 0.3) is 0 Å². The zero-order valence-electron chi connectivity index (χ0n) is 44.5. The summed E-state index contributed by atoms with van der Waals surface area (Å²) in [6.45, 7) is 12.6. The van der Waals surface area contributed by atoms with Crippen molar-refractivity contribution in [2.75, 3.05) is 26.4 Å². The third kappa shape index (κ3) is 9.32. The molecule has 4 saturated carbocycles. The topological polar surface area (TPSA) is 374 Å². The first kappa shape index (κ1) is 59.2. The SMILES string of the molecule is CC1(C)C[C@@H]2C3=CC[C@@H]4[C@@]5(C)CC[C@H](O[C@@H]6OC[C@H](O[C@@H]7O[C@H](CO)[C@@H](O)[C@H](O)[C@H]7O)[C@H](O)[C@H]6O[C@@H]6O[C@H](CO)[C@@H](O[C@@H]7O[C@H](CO)[C@@H](O)[C@H](O)[C@H]7O)[C@H](O)[C@H]6O)C(C)(C)[C@@H]5CC[C@@]4(C)[C@]3(C)C[C@@H](O)[C@@]2(C=O)[C@@H](O)C1. The van der Waals surface area contributed by atoms with Crippen molar-refractivity contribution in [3.63, 3.8) is 0 Å². The first-order chi connectivity index (χ1) is 35.6. The van der Waals surface area contributed by atoms with Gasteiger partial charge in [-0.15, -0.1) is 0 Å². The van der Waals surface area contributed by atoms with Crippen LogP contribution >= 0.6 is 0 Å². The second kappa shape index (κ2) is 21.4. The summed E-state index contributed by atoms with van der Waals surface area (Å²) in [7, 11) is 0. The lowest BCUT2D eigenvalue weighted by molar-refractivity contribution is -0.392. The number of rotatable bonds is 12. The first-order valence-corrected chi connectivity index (χ1v) is 27.3. The summed E-state index contributed by atoms with van der Waals surface area (Å²) in [5, 5.41) is 152. The Bertz CT molecular complexity index is 2080. The van der Waals surface area contributed by atoms with E-state index in [4.69, 9.17) is 37.9 Å². The molecule has 4 aliphatic heterocycles. The quantitative estimate of drug-likeness (QED) is 0.0534. The van der Waals surface area contributed by atoms with E-state index in [-0.39, 0.29) is 34.0 Å². The smallest absolute Gasteiger partial charge is 0.187 e. The second-order valence-corrected chi connectivity index (χ2v) is 25.9. The molecule has 14 N–H and O–H groups in total. The van der Waals surface area contributed by atoms with Crippen LogP contribution in [0.5, 0.6) is 0 Å². The molecule has 0 aromatic heterocycles. The molecule has 436 valence electrons. The number of hydrogen-bond donors (Lipinski definition) is 14. The van der Waals surface area contributed by atoms with Gasteiger partial charge < -0.3 is 114 Å². The second-order valence-electron chi connectivity index (χ2n) is 25.9. The Kier molecular flexibility index (Phi) is 16.6. The van der Waals surface area contributed by atoms with Gasteiger partial charge >= 0.3 is 0 Å². The molecular formula is C53H86O23. The van der Waals surface area contributed by atoms with Crippen LogP contribution in [0.2, 0.25) is 0 Å². The fraction of sp³-hybridized carbons (Fsp3) is 0.943. The van der Waals surface area contributed by atoms with Crippen molar-refractivity contribution < 1.29 is 114 Å². The molecule has 0 aromatic rings. The molecule has 0 radical (unpaired) electrons. The summed E-state index contributed by atoms with van der Waals surface area (Å²) < 4.78 is 48.3. The lowest BCUT2D eigenvalue weighted by atomic mass is 9.33. The van der Waals surface area contributed by atoms with Gasteiger partial charge in [0.05, 0.1) is 50.2 Å². The van der Waals surface area contributed by atoms with Crippen LogP contribution in [0.4, 0.5) is 0 Å². The highest BCUT2D eigenvalue weighted by Crippen LogP contribution is 2.75. The number of aldehydes is 1. The molecular weight excluding hydrogens is 1000 g/mol. The van der Waals surface area contributed by atoms with Gasteiger partial charge in [-0.1, -0.05) is 60.1 Å². The van der Waals surface area contributed by atoms with Gasteiger partial charge in [-0.05, 0) is 96.2 Å². The molecule has 0 bridgehead atoms. The van der Waals surface area contributed by atoms with E-state index in [2.05, 4.69) is 54.5 Å². The molecule has 23 nitrogen and oxygen atoms in total. The van der Waals surface area contributed by atoms with E-state index in [9.17, 15) is 76.3 Å². The standard InChI is InChI=1S/C53H86O23/c1-48(2)14-23-22-8-9-29-50(5)12-11-32(49(3,4)28(50)10-13-51(29,6)52(22,7)16-31(59)53(23,21-57)30(58)15-48)74-47-43(35(62)27(20-69-47)73-44-39(66)36(63)33(60)24(17-54)70-44)76-46-41(68)38(65)42(26(19-56)72-46)75-45-40(67)37(64)34(61)25(18-55)71-45/h8,21,23-47,54-56,58-68H,9-20H2,1-7H3/t23-,24-,25-,26-,27+,28+,29-,30+,31-,32+,33-,34-,35+,36+,37+,38-,39-,40-,41-,42-,43-,44+,45+,46+,47+,50+,51-,52-,53-/m1/s1. The van der Waals surface area contributed by atoms with E-state index < -0.39 is 178 Å². The molecule has 8 fully saturated rings. The number of carbonyl (C=O) groups excluding carboxylic acids is 1. The van der Waals surface area contributed by atoms with Crippen LogP contribution in [-0.2, 0) is 42.7 Å². The molecule has 0 amide bonds. The van der Waals surface area contributed by atoms with Crippen molar-refractivity contribution in [1.29, 1.82) is 0 Å². The molecule has 4 saturated heterocycles. The normalized spacial score (nSPS) is 55.0.